The maximum absolute atomic E-state index is 10.6. The normalized spacial score (nSPS) is 25.2. The topological polar surface area (TPSA) is 151 Å². The van der Waals surface area contributed by atoms with Gasteiger partial charge in [0.25, 0.3) is 0 Å². The lowest BCUT2D eigenvalue weighted by Gasteiger charge is -2.20. The van der Waals surface area contributed by atoms with Gasteiger partial charge in [-0.05, 0) is 6.42 Å². The molecule has 0 amide bonds. The molecule has 0 bridgehead atoms. The van der Waals surface area contributed by atoms with Gasteiger partial charge in [-0.2, -0.15) is 0 Å². The first-order valence-electron chi connectivity index (χ1n) is 9.04. The Hall–Kier alpha value is -1.57. The molecule has 0 spiro atoms. The molecule has 3 rings (SSSR count). The third kappa shape index (κ3) is 4.21. The van der Waals surface area contributed by atoms with Gasteiger partial charge in [0.15, 0.2) is 28.4 Å². The monoisotopic (exact) mass is 414 g/mol. The summed E-state index contributed by atoms with van der Waals surface area (Å²) >= 11 is 1.49. The van der Waals surface area contributed by atoms with Crippen LogP contribution in [0.3, 0.4) is 0 Å². The van der Waals surface area contributed by atoms with Gasteiger partial charge in [-0.1, -0.05) is 23.9 Å². The summed E-state index contributed by atoms with van der Waals surface area (Å²) in [5.74, 6) is 1.09. The zero-order valence-electron chi connectivity index (χ0n) is 16.1. The number of fused-ring (bicyclic) bond motifs is 1. The van der Waals surface area contributed by atoms with Crippen molar-refractivity contribution in [2.24, 2.45) is 0 Å². The second kappa shape index (κ2) is 9.29. The molecular formula is C16H26N6O5S. The molecule has 0 aliphatic heterocycles. The van der Waals surface area contributed by atoms with Gasteiger partial charge in [-0.15, -0.1) is 5.10 Å². The van der Waals surface area contributed by atoms with Crippen LogP contribution < -0.4 is 5.73 Å². The van der Waals surface area contributed by atoms with Crippen molar-refractivity contribution < 1.29 is 24.4 Å². The number of aliphatic hydroxyl groups is 2. The summed E-state index contributed by atoms with van der Waals surface area (Å²) < 4.78 is 17.3. The van der Waals surface area contributed by atoms with Gasteiger partial charge < -0.3 is 30.2 Å². The Morgan fingerprint density at radius 1 is 1.25 bits per heavy atom. The Kier molecular flexibility index (Phi) is 7.01. The Morgan fingerprint density at radius 3 is 2.68 bits per heavy atom. The third-order valence-electron chi connectivity index (χ3n) is 4.65. The minimum Gasteiger partial charge on any atom is -0.388 e. The maximum Gasteiger partial charge on any atom is 0.191 e. The van der Waals surface area contributed by atoms with Crippen LogP contribution in [-0.4, -0.2) is 86.4 Å². The van der Waals surface area contributed by atoms with Crippen molar-refractivity contribution in [1.29, 1.82) is 0 Å². The van der Waals surface area contributed by atoms with Crippen molar-refractivity contribution in [1.82, 2.24) is 25.0 Å². The standard InChI is InChI=1S/C16H26N6O5S/c1-4-5-28-16-18-14(17)11-15(19-16)22(21-20-11)8-6-9(13(24)12(8)23)27-7-10(25-2)26-3/h8-10,12-13,23-24H,4-7H2,1-3H3,(H2,17,18,19). The van der Waals surface area contributed by atoms with Crippen molar-refractivity contribution in [3.63, 3.8) is 0 Å². The minimum absolute atomic E-state index is 0.124. The van der Waals surface area contributed by atoms with Crippen LogP contribution in [0.2, 0.25) is 0 Å². The summed E-state index contributed by atoms with van der Waals surface area (Å²) in [6.45, 7) is 2.19. The lowest BCUT2D eigenvalue weighted by molar-refractivity contribution is -0.162. The fraction of sp³-hybridized carbons (Fsp3) is 0.750. The van der Waals surface area contributed by atoms with Crippen molar-refractivity contribution >= 4 is 28.7 Å². The van der Waals surface area contributed by atoms with Crippen LogP contribution >= 0.6 is 11.8 Å². The van der Waals surface area contributed by atoms with Crippen molar-refractivity contribution in [3.05, 3.63) is 0 Å². The SMILES string of the molecule is CCCSc1nc(N)c2nnn(C3CC(OCC(OC)OC)C(O)C3O)c2n1. The Balaban J connectivity index is 1.82. The van der Waals surface area contributed by atoms with E-state index in [0.717, 1.165) is 12.2 Å². The van der Waals surface area contributed by atoms with Crippen LogP contribution in [0.4, 0.5) is 5.82 Å². The number of rotatable bonds is 9. The molecule has 4 N–H and O–H groups in total. The average molecular weight is 414 g/mol. The van der Waals surface area contributed by atoms with E-state index < -0.39 is 30.6 Å². The summed E-state index contributed by atoms with van der Waals surface area (Å²) in [5.41, 5.74) is 6.79. The highest BCUT2D eigenvalue weighted by molar-refractivity contribution is 7.99. The largest absolute Gasteiger partial charge is 0.388 e. The minimum atomic E-state index is -1.10. The molecule has 1 aliphatic rings. The molecule has 0 saturated heterocycles. The van der Waals surface area contributed by atoms with Crippen molar-refractivity contribution in [3.8, 4) is 0 Å². The van der Waals surface area contributed by atoms with E-state index in [1.54, 1.807) is 0 Å². The van der Waals surface area contributed by atoms with E-state index in [9.17, 15) is 10.2 Å². The zero-order valence-corrected chi connectivity index (χ0v) is 16.9. The Morgan fingerprint density at radius 2 is 2.00 bits per heavy atom. The molecule has 11 nitrogen and oxygen atoms in total. The molecule has 2 heterocycles. The summed E-state index contributed by atoms with van der Waals surface area (Å²) in [7, 11) is 3.00. The quantitative estimate of drug-likeness (QED) is 0.288. The van der Waals surface area contributed by atoms with Crippen LogP contribution in [0, 0.1) is 0 Å². The van der Waals surface area contributed by atoms with Crippen LogP contribution in [-0.2, 0) is 14.2 Å². The highest BCUT2D eigenvalue weighted by atomic mass is 32.2. The third-order valence-corrected chi connectivity index (χ3v) is 5.70. The van der Waals surface area contributed by atoms with Crippen molar-refractivity contribution in [2.75, 3.05) is 32.3 Å². The van der Waals surface area contributed by atoms with E-state index in [0.29, 0.717) is 22.7 Å². The highest BCUT2D eigenvalue weighted by Crippen LogP contribution is 2.34. The van der Waals surface area contributed by atoms with Gasteiger partial charge in [0.05, 0.1) is 18.8 Å². The number of thioether (sulfide) groups is 1. The first kappa shape index (κ1) is 21.1. The number of anilines is 1. The molecule has 2 aromatic heterocycles. The molecule has 12 heteroatoms. The molecule has 4 atom stereocenters. The number of hydrogen-bond acceptors (Lipinski definition) is 11. The second-order valence-corrected chi connectivity index (χ2v) is 7.57. The fourth-order valence-electron chi connectivity index (χ4n) is 3.12. The maximum atomic E-state index is 10.6. The van der Waals surface area contributed by atoms with Gasteiger partial charge in [-0.25, -0.2) is 14.6 Å². The molecule has 1 saturated carbocycles. The van der Waals surface area contributed by atoms with Gasteiger partial charge >= 0.3 is 0 Å². The number of nitrogens with zero attached hydrogens (tertiary/aromatic N) is 5. The Labute approximate surface area is 166 Å². The summed E-state index contributed by atoms with van der Waals surface area (Å²) in [6, 6.07) is -0.563. The van der Waals surface area contributed by atoms with Gasteiger partial charge in [0.2, 0.25) is 0 Å². The Bertz CT molecular complexity index is 788. The molecule has 1 fully saturated rings. The first-order valence-corrected chi connectivity index (χ1v) is 10.0. The van der Waals surface area contributed by atoms with E-state index >= 15 is 0 Å². The lowest BCUT2D eigenvalue weighted by Crippen LogP contribution is -2.34. The second-order valence-electron chi connectivity index (χ2n) is 6.50. The number of methoxy groups -OCH3 is 2. The summed E-state index contributed by atoms with van der Waals surface area (Å²) in [4.78, 5) is 8.74. The van der Waals surface area contributed by atoms with Crippen LogP contribution in [0.15, 0.2) is 5.16 Å². The number of aromatic nitrogens is 5. The predicted octanol–water partition coefficient (Wildman–Crippen LogP) is -0.0237. The fourth-order valence-corrected chi connectivity index (χ4v) is 3.82. The number of aliphatic hydroxyl groups excluding tert-OH is 2. The van der Waals surface area contributed by atoms with Crippen molar-refractivity contribution in [2.45, 2.75) is 55.6 Å². The first-order chi connectivity index (χ1) is 13.5. The summed E-state index contributed by atoms with van der Waals surface area (Å²) in [5, 5.41) is 29.6. The molecule has 156 valence electrons. The summed E-state index contributed by atoms with van der Waals surface area (Å²) in [6.07, 6.45) is -2.06. The van der Waals surface area contributed by atoms with Crippen LogP contribution in [0.5, 0.6) is 0 Å². The molecular weight excluding hydrogens is 388 g/mol. The van der Waals surface area contributed by atoms with Gasteiger partial charge in [0, 0.05) is 26.4 Å². The number of hydrogen-bond donors (Lipinski definition) is 3. The lowest BCUT2D eigenvalue weighted by atomic mass is 10.2. The average Bonchev–Trinajstić information content (AvgIpc) is 3.23. The molecule has 28 heavy (non-hydrogen) atoms. The number of ether oxygens (including phenoxy) is 3. The molecule has 2 aromatic rings. The smallest absolute Gasteiger partial charge is 0.191 e. The van der Waals surface area contributed by atoms with Crippen LogP contribution in [0.25, 0.3) is 11.2 Å². The molecule has 0 aromatic carbocycles. The van der Waals surface area contributed by atoms with Gasteiger partial charge in [-0.3, -0.25) is 0 Å². The van der Waals surface area contributed by atoms with E-state index in [4.69, 9.17) is 19.9 Å². The van der Waals surface area contributed by atoms with E-state index in [2.05, 4.69) is 27.2 Å². The van der Waals surface area contributed by atoms with Gasteiger partial charge in [0.1, 0.15) is 12.2 Å². The number of nitrogen functional groups attached to an aromatic ring is 1. The highest BCUT2D eigenvalue weighted by Gasteiger charge is 2.45. The van der Waals surface area contributed by atoms with E-state index in [1.807, 2.05) is 0 Å². The molecule has 4 unspecified atom stereocenters. The van der Waals surface area contributed by atoms with Crippen LogP contribution in [0.1, 0.15) is 25.8 Å². The molecule has 0 radical (unpaired) electrons. The number of nitrogens with two attached hydrogens (primary N) is 1. The van der Waals surface area contributed by atoms with E-state index in [-0.39, 0.29) is 12.4 Å². The molecule has 1 aliphatic carbocycles. The zero-order chi connectivity index (χ0) is 20.3. The van der Waals surface area contributed by atoms with E-state index in [1.165, 1.54) is 30.7 Å². The predicted molar refractivity (Wildman–Crippen MR) is 102 cm³/mol.